The summed E-state index contributed by atoms with van der Waals surface area (Å²) in [5, 5.41) is 0. The molecule has 2 aliphatic heterocycles. The Hall–Kier alpha value is -2.76. The van der Waals surface area contributed by atoms with Crippen LogP contribution in [0.2, 0.25) is 0 Å². The summed E-state index contributed by atoms with van der Waals surface area (Å²) >= 11 is 0. The summed E-state index contributed by atoms with van der Waals surface area (Å²) < 4.78 is 40.6. The van der Waals surface area contributed by atoms with Crippen molar-refractivity contribution in [2.45, 2.75) is 24.8 Å². The molecule has 0 saturated carbocycles. The Bertz CT molecular complexity index is 1120. The normalized spacial score (nSPS) is 19.9. The minimum absolute atomic E-state index is 0. The zero-order valence-electron chi connectivity index (χ0n) is 18.1. The van der Waals surface area contributed by atoms with Gasteiger partial charge in [-0.15, -0.1) is 12.4 Å². The molecule has 0 amide bonds. The van der Waals surface area contributed by atoms with E-state index in [1.54, 1.807) is 30.3 Å². The second kappa shape index (κ2) is 10.0. The van der Waals surface area contributed by atoms with Crippen LogP contribution in [-0.2, 0) is 0 Å². The fraction of sp³-hybridized carbons (Fsp3) is 0.259. The zero-order chi connectivity index (χ0) is 22.1. The summed E-state index contributed by atoms with van der Waals surface area (Å²) in [6.07, 6.45) is 5.99. The summed E-state index contributed by atoms with van der Waals surface area (Å²) in [6.45, 7) is 2.74. The first-order chi connectivity index (χ1) is 15.6. The Morgan fingerprint density at radius 2 is 1.52 bits per heavy atom. The van der Waals surface area contributed by atoms with Gasteiger partial charge in [0, 0.05) is 43.0 Å². The number of fused-ring (bicyclic) bond motifs is 3. The Morgan fingerprint density at radius 1 is 0.848 bits per heavy atom. The number of piperidine rings is 1. The van der Waals surface area contributed by atoms with Gasteiger partial charge in [0.15, 0.2) is 0 Å². The van der Waals surface area contributed by atoms with E-state index in [4.69, 9.17) is 0 Å². The van der Waals surface area contributed by atoms with E-state index in [1.165, 1.54) is 30.3 Å². The van der Waals surface area contributed by atoms with E-state index in [1.807, 2.05) is 12.1 Å². The van der Waals surface area contributed by atoms with E-state index < -0.39 is 0 Å². The number of rotatable bonds is 5. The molecule has 2 aliphatic rings. The summed E-state index contributed by atoms with van der Waals surface area (Å²) in [5.41, 5.74) is 3.99. The van der Waals surface area contributed by atoms with Crippen LogP contribution in [0.5, 0.6) is 0 Å². The number of benzene rings is 3. The van der Waals surface area contributed by atoms with Crippen molar-refractivity contribution in [2.75, 3.05) is 24.5 Å². The Kier molecular flexibility index (Phi) is 7.11. The number of nitrogens with zero attached hydrogens (tertiary/aromatic N) is 2. The standard InChI is InChI=1S/C27H25F3N2.ClH/c28-20-6-4-19(5-7-20)3-1-2-15-31-16-14-27-25(18-31)24-17-22(30)10-13-26(24)32(27)23-11-8-21(29)9-12-23;/h1,3-13,17,25,27H,2,14-16,18H2;1H/t25-,27+;/m0./s1. The van der Waals surface area contributed by atoms with Crippen LogP contribution >= 0.6 is 12.4 Å². The third kappa shape index (κ3) is 4.94. The van der Waals surface area contributed by atoms with E-state index in [2.05, 4.69) is 15.9 Å². The second-order valence-corrected chi connectivity index (χ2v) is 8.56. The fourth-order valence-electron chi connectivity index (χ4n) is 5.03. The summed E-state index contributed by atoms with van der Waals surface area (Å²) in [4.78, 5) is 4.68. The molecule has 3 aromatic carbocycles. The lowest BCUT2D eigenvalue weighted by molar-refractivity contribution is 0.200. The molecule has 2 heterocycles. The molecule has 1 saturated heterocycles. The zero-order valence-corrected chi connectivity index (χ0v) is 18.9. The SMILES string of the molecule is Cl.Fc1ccc(C=CCCN2CC[C@@H]3[C@@H](C2)c2cc(F)ccc2N3c2ccc(F)cc2)cc1. The van der Waals surface area contributed by atoms with Gasteiger partial charge in [0.1, 0.15) is 17.5 Å². The van der Waals surface area contributed by atoms with Crippen LogP contribution in [0.15, 0.2) is 72.8 Å². The highest BCUT2D eigenvalue weighted by Gasteiger charge is 2.42. The van der Waals surface area contributed by atoms with Crippen molar-refractivity contribution in [1.82, 2.24) is 4.90 Å². The molecule has 1 fully saturated rings. The summed E-state index contributed by atoms with van der Waals surface area (Å²) in [5.74, 6) is -0.497. The third-order valence-electron chi connectivity index (χ3n) is 6.54. The third-order valence-corrected chi connectivity index (χ3v) is 6.54. The average molecular weight is 471 g/mol. The Labute approximate surface area is 198 Å². The first-order valence-electron chi connectivity index (χ1n) is 11.1. The molecule has 0 spiro atoms. The number of hydrogen-bond acceptors (Lipinski definition) is 2. The van der Waals surface area contributed by atoms with Crippen molar-refractivity contribution in [2.24, 2.45) is 0 Å². The molecular formula is C27H26ClF3N2. The van der Waals surface area contributed by atoms with Crippen LogP contribution in [0.25, 0.3) is 6.08 Å². The van der Waals surface area contributed by atoms with Crippen LogP contribution in [0.4, 0.5) is 24.5 Å². The highest BCUT2D eigenvalue weighted by atomic mass is 35.5. The maximum atomic E-state index is 14.1. The smallest absolute Gasteiger partial charge is 0.123 e. The summed E-state index contributed by atoms with van der Waals surface area (Å²) in [7, 11) is 0. The lowest BCUT2D eigenvalue weighted by Crippen LogP contribution is -2.45. The van der Waals surface area contributed by atoms with Gasteiger partial charge in [-0.3, -0.25) is 0 Å². The van der Waals surface area contributed by atoms with Crippen LogP contribution in [0.3, 0.4) is 0 Å². The molecule has 0 radical (unpaired) electrons. The quantitative estimate of drug-likeness (QED) is 0.398. The topological polar surface area (TPSA) is 6.48 Å². The largest absolute Gasteiger partial charge is 0.337 e. The van der Waals surface area contributed by atoms with E-state index in [9.17, 15) is 13.2 Å². The van der Waals surface area contributed by atoms with Gasteiger partial charge in [-0.25, -0.2) is 13.2 Å². The first-order valence-corrected chi connectivity index (χ1v) is 11.1. The highest BCUT2D eigenvalue weighted by molar-refractivity contribution is 5.85. The van der Waals surface area contributed by atoms with E-state index in [0.717, 1.165) is 55.0 Å². The average Bonchev–Trinajstić information content (AvgIpc) is 3.11. The van der Waals surface area contributed by atoms with Gasteiger partial charge in [0.25, 0.3) is 0 Å². The van der Waals surface area contributed by atoms with Crippen molar-refractivity contribution in [1.29, 1.82) is 0 Å². The molecular weight excluding hydrogens is 445 g/mol. The predicted molar refractivity (Wildman–Crippen MR) is 130 cm³/mol. The molecule has 0 aliphatic carbocycles. The number of hydrogen-bond donors (Lipinski definition) is 0. The maximum absolute atomic E-state index is 14.1. The van der Waals surface area contributed by atoms with Crippen LogP contribution in [0, 0.1) is 17.5 Å². The molecule has 6 heteroatoms. The lowest BCUT2D eigenvalue weighted by Gasteiger charge is -2.39. The van der Waals surface area contributed by atoms with Gasteiger partial charge in [0.05, 0.1) is 0 Å². The number of anilines is 2. The van der Waals surface area contributed by atoms with Crippen molar-refractivity contribution >= 4 is 29.9 Å². The van der Waals surface area contributed by atoms with E-state index >= 15 is 0 Å². The van der Waals surface area contributed by atoms with Crippen molar-refractivity contribution in [3.05, 3.63) is 101 Å². The van der Waals surface area contributed by atoms with Crippen LogP contribution in [-0.4, -0.2) is 30.6 Å². The minimum atomic E-state index is -0.257. The second-order valence-electron chi connectivity index (χ2n) is 8.56. The van der Waals surface area contributed by atoms with Gasteiger partial charge in [-0.05, 0) is 78.6 Å². The number of halogens is 4. The van der Waals surface area contributed by atoms with Gasteiger partial charge < -0.3 is 9.80 Å². The molecule has 2 atom stereocenters. The monoisotopic (exact) mass is 470 g/mol. The molecule has 172 valence electrons. The molecule has 0 unspecified atom stereocenters. The molecule has 0 bridgehead atoms. The highest BCUT2D eigenvalue weighted by Crippen LogP contribution is 2.48. The fourth-order valence-corrected chi connectivity index (χ4v) is 5.03. The minimum Gasteiger partial charge on any atom is -0.337 e. The van der Waals surface area contributed by atoms with Crippen LogP contribution < -0.4 is 4.90 Å². The van der Waals surface area contributed by atoms with Gasteiger partial charge in [-0.1, -0.05) is 24.3 Å². The molecule has 33 heavy (non-hydrogen) atoms. The van der Waals surface area contributed by atoms with Gasteiger partial charge >= 0.3 is 0 Å². The van der Waals surface area contributed by atoms with Gasteiger partial charge in [0.2, 0.25) is 0 Å². The molecule has 2 nitrogen and oxygen atoms in total. The molecule has 0 aromatic heterocycles. The summed E-state index contributed by atoms with van der Waals surface area (Å²) in [6, 6.07) is 18.3. The maximum Gasteiger partial charge on any atom is 0.123 e. The van der Waals surface area contributed by atoms with Crippen molar-refractivity contribution < 1.29 is 13.2 Å². The van der Waals surface area contributed by atoms with Crippen molar-refractivity contribution in [3.63, 3.8) is 0 Å². The molecule has 5 rings (SSSR count). The van der Waals surface area contributed by atoms with E-state index in [-0.39, 0.29) is 41.8 Å². The predicted octanol–water partition coefficient (Wildman–Crippen LogP) is 6.94. The molecule has 0 N–H and O–H groups in total. The number of likely N-dealkylation sites (tertiary alicyclic amines) is 1. The van der Waals surface area contributed by atoms with Crippen LogP contribution in [0.1, 0.15) is 29.9 Å². The lowest BCUT2D eigenvalue weighted by atomic mass is 9.89. The Morgan fingerprint density at radius 3 is 2.24 bits per heavy atom. The Balaban J connectivity index is 0.00000259. The molecule has 3 aromatic rings. The van der Waals surface area contributed by atoms with E-state index in [0.29, 0.717) is 0 Å². The first kappa shape index (κ1) is 23.4. The van der Waals surface area contributed by atoms with Crippen molar-refractivity contribution in [3.8, 4) is 0 Å². The van der Waals surface area contributed by atoms with Gasteiger partial charge in [-0.2, -0.15) is 0 Å².